The second-order valence-electron chi connectivity index (χ2n) is 5.00. The number of benzene rings is 1. The Kier molecular flexibility index (Phi) is 5.30. The Morgan fingerprint density at radius 2 is 2.14 bits per heavy atom. The summed E-state index contributed by atoms with van der Waals surface area (Å²) in [5.41, 5.74) is 0. The summed E-state index contributed by atoms with van der Waals surface area (Å²) in [5, 5.41) is 3.24. The zero-order chi connectivity index (χ0) is 16.2. The van der Waals surface area contributed by atoms with Crippen LogP contribution in [0.1, 0.15) is 19.3 Å². The average molecular weight is 338 g/mol. The highest BCUT2D eigenvalue weighted by Gasteiger charge is 2.31. The SMILES string of the molecule is O=S(=O)(NCC[C@H]1CCCN1)c1cccc(OC(F)(F)F)c1. The maximum absolute atomic E-state index is 12.2. The normalized spacial score (nSPS) is 19.3. The van der Waals surface area contributed by atoms with Crippen LogP contribution in [-0.4, -0.2) is 33.9 Å². The van der Waals surface area contributed by atoms with E-state index in [4.69, 9.17) is 0 Å². The highest BCUT2D eigenvalue weighted by atomic mass is 32.2. The van der Waals surface area contributed by atoms with Crippen LogP contribution in [0.2, 0.25) is 0 Å². The molecule has 1 aliphatic heterocycles. The second-order valence-corrected chi connectivity index (χ2v) is 6.77. The molecular weight excluding hydrogens is 321 g/mol. The van der Waals surface area contributed by atoms with Gasteiger partial charge in [-0.3, -0.25) is 0 Å². The highest BCUT2D eigenvalue weighted by Crippen LogP contribution is 2.24. The number of ether oxygens (including phenoxy) is 1. The van der Waals surface area contributed by atoms with Crippen molar-refractivity contribution < 1.29 is 26.3 Å². The summed E-state index contributed by atoms with van der Waals surface area (Å²) in [4.78, 5) is -0.256. The van der Waals surface area contributed by atoms with Crippen molar-refractivity contribution in [3.05, 3.63) is 24.3 Å². The Bertz CT molecular complexity index is 599. The Labute approximate surface area is 126 Å². The average Bonchev–Trinajstić information content (AvgIpc) is 2.90. The van der Waals surface area contributed by atoms with Crippen molar-refractivity contribution in [3.8, 4) is 5.75 Å². The summed E-state index contributed by atoms with van der Waals surface area (Å²) >= 11 is 0. The third-order valence-corrected chi connectivity index (χ3v) is 4.76. The minimum Gasteiger partial charge on any atom is -0.406 e. The van der Waals surface area contributed by atoms with Crippen molar-refractivity contribution in [3.63, 3.8) is 0 Å². The van der Waals surface area contributed by atoms with E-state index in [1.807, 2.05) is 0 Å². The van der Waals surface area contributed by atoms with Gasteiger partial charge in [0.2, 0.25) is 10.0 Å². The largest absolute Gasteiger partial charge is 0.573 e. The molecular formula is C13H17F3N2O3S. The van der Waals surface area contributed by atoms with E-state index in [0.29, 0.717) is 6.42 Å². The van der Waals surface area contributed by atoms with Crippen molar-refractivity contribution in [1.82, 2.24) is 10.0 Å². The van der Waals surface area contributed by atoms with Gasteiger partial charge in [0.1, 0.15) is 5.75 Å². The fraction of sp³-hybridized carbons (Fsp3) is 0.538. The lowest BCUT2D eigenvalue weighted by Gasteiger charge is -2.12. The smallest absolute Gasteiger partial charge is 0.406 e. The monoisotopic (exact) mass is 338 g/mol. The molecule has 5 nitrogen and oxygen atoms in total. The van der Waals surface area contributed by atoms with Crippen molar-refractivity contribution in [2.24, 2.45) is 0 Å². The summed E-state index contributed by atoms with van der Waals surface area (Å²) in [7, 11) is -3.86. The molecule has 0 radical (unpaired) electrons. The number of hydrogen-bond donors (Lipinski definition) is 2. The van der Waals surface area contributed by atoms with E-state index < -0.39 is 22.1 Å². The summed E-state index contributed by atoms with van der Waals surface area (Å²) in [5.74, 6) is -0.562. The predicted octanol–water partition coefficient (Wildman–Crippen LogP) is 2.01. The number of rotatable bonds is 6. The fourth-order valence-corrected chi connectivity index (χ4v) is 3.37. The molecule has 124 valence electrons. The molecule has 0 unspecified atom stereocenters. The summed E-state index contributed by atoms with van der Waals surface area (Å²) < 4.78 is 66.7. The molecule has 1 aromatic rings. The van der Waals surface area contributed by atoms with E-state index in [2.05, 4.69) is 14.8 Å². The summed E-state index contributed by atoms with van der Waals surface area (Å²) in [6, 6.07) is 4.61. The van der Waals surface area contributed by atoms with Crippen LogP contribution in [0, 0.1) is 0 Å². The van der Waals surface area contributed by atoms with Crippen LogP contribution in [0.25, 0.3) is 0 Å². The molecule has 2 N–H and O–H groups in total. The van der Waals surface area contributed by atoms with Crippen molar-refractivity contribution in [1.29, 1.82) is 0 Å². The van der Waals surface area contributed by atoms with Crippen molar-refractivity contribution in [2.75, 3.05) is 13.1 Å². The molecule has 1 heterocycles. The molecule has 1 fully saturated rings. The van der Waals surface area contributed by atoms with E-state index in [9.17, 15) is 21.6 Å². The van der Waals surface area contributed by atoms with Gasteiger partial charge < -0.3 is 10.1 Å². The van der Waals surface area contributed by atoms with E-state index in [0.717, 1.165) is 31.5 Å². The lowest BCUT2D eigenvalue weighted by molar-refractivity contribution is -0.274. The Morgan fingerprint density at radius 3 is 2.77 bits per heavy atom. The molecule has 0 spiro atoms. The van der Waals surface area contributed by atoms with Crippen LogP contribution in [0.5, 0.6) is 5.75 Å². The molecule has 1 saturated heterocycles. The number of nitrogens with one attached hydrogen (secondary N) is 2. The summed E-state index contributed by atoms with van der Waals surface area (Å²) in [6.45, 7) is 1.15. The van der Waals surface area contributed by atoms with Gasteiger partial charge in [0.15, 0.2) is 0 Å². The van der Waals surface area contributed by atoms with Gasteiger partial charge in [0, 0.05) is 18.7 Å². The first-order valence-corrected chi connectivity index (χ1v) is 8.33. The molecule has 22 heavy (non-hydrogen) atoms. The van der Waals surface area contributed by atoms with Crippen LogP contribution in [-0.2, 0) is 10.0 Å². The van der Waals surface area contributed by atoms with Gasteiger partial charge in [0.25, 0.3) is 0 Å². The quantitative estimate of drug-likeness (QED) is 0.833. The molecule has 1 aromatic carbocycles. The van der Waals surface area contributed by atoms with E-state index in [-0.39, 0.29) is 17.5 Å². The second kappa shape index (κ2) is 6.84. The van der Waals surface area contributed by atoms with Gasteiger partial charge in [-0.2, -0.15) is 0 Å². The van der Waals surface area contributed by atoms with E-state index >= 15 is 0 Å². The molecule has 1 aliphatic rings. The van der Waals surface area contributed by atoms with Gasteiger partial charge >= 0.3 is 6.36 Å². The summed E-state index contributed by atoms with van der Waals surface area (Å²) in [6.07, 6.45) is -2.16. The molecule has 0 saturated carbocycles. The van der Waals surface area contributed by atoms with E-state index in [1.54, 1.807) is 0 Å². The maximum Gasteiger partial charge on any atom is 0.573 e. The molecule has 0 amide bonds. The molecule has 0 aliphatic carbocycles. The lowest BCUT2D eigenvalue weighted by atomic mass is 10.2. The zero-order valence-electron chi connectivity index (χ0n) is 11.7. The van der Waals surface area contributed by atoms with Crippen LogP contribution in [0.4, 0.5) is 13.2 Å². The fourth-order valence-electron chi connectivity index (χ4n) is 2.29. The first-order valence-electron chi connectivity index (χ1n) is 6.85. The van der Waals surface area contributed by atoms with Gasteiger partial charge in [-0.15, -0.1) is 13.2 Å². The number of alkyl halides is 3. The first-order chi connectivity index (χ1) is 10.3. The van der Waals surface area contributed by atoms with E-state index in [1.165, 1.54) is 12.1 Å². The van der Waals surface area contributed by atoms with Crippen LogP contribution >= 0.6 is 0 Å². The van der Waals surface area contributed by atoms with Gasteiger partial charge in [0.05, 0.1) is 4.90 Å². The third kappa shape index (κ3) is 5.15. The molecule has 9 heteroatoms. The number of hydrogen-bond acceptors (Lipinski definition) is 4. The van der Waals surface area contributed by atoms with Crippen LogP contribution in [0.15, 0.2) is 29.2 Å². The predicted molar refractivity (Wildman–Crippen MR) is 74.0 cm³/mol. The Hall–Kier alpha value is -1.32. The maximum atomic E-state index is 12.2. The van der Waals surface area contributed by atoms with Crippen molar-refractivity contribution >= 4 is 10.0 Å². The number of sulfonamides is 1. The first kappa shape index (κ1) is 17.0. The topological polar surface area (TPSA) is 67.4 Å². The third-order valence-electron chi connectivity index (χ3n) is 3.30. The highest BCUT2D eigenvalue weighted by molar-refractivity contribution is 7.89. The standard InChI is InChI=1S/C13H17F3N2O3S/c14-13(15,16)21-11-4-1-5-12(9-11)22(19,20)18-8-6-10-3-2-7-17-10/h1,4-5,9-10,17-18H,2-3,6-8H2/t10-/m1/s1. The van der Waals surface area contributed by atoms with Crippen LogP contribution in [0.3, 0.4) is 0 Å². The Morgan fingerprint density at radius 1 is 1.36 bits per heavy atom. The zero-order valence-corrected chi connectivity index (χ0v) is 12.5. The van der Waals surface area contributed by atoms with Gasteiger partial charge in [-0.25, -0.2) is 13.1 Å². The minimum absolute atomic E-state index is 0.227. The molecule has 0 aromatic heterocycles. The molecule has 2 rings (SSSR count). The molecule has 0 bridgehead atoms. The lowest BCUT2D eigenvalue weighted by Crippen LogP contribution is -2.30. The number of halogens is 3. The Balaban J connectivity index is 1.97. The molecule has 1 atom stereocenters. The minimum atomic E-state index is -4.86. The van der Waals surface area contributed by atoms with Crippen LogP contribution < -0.4 is 14.8 Å². The van der Waals surface area contributed by atoms with Gasteiger partial charge in [-0.05, 0) is 37.9 Å². The van der Waals surface area contributed by atoms with Gasteiger partial charge in [-0.1, -0.05) is 6.07 Å². The van der Waals surface area contributed by atoms with Crippen molar-refractivity contribution in [2.45, 2.75) is 36.6 Å².